The summed E-state index contributed by atoms with van der Waals surface area (Å²) in [5.74, 6) is -1.27. The second kappa shape index (κ2) is 3.95. The summed E-state index contributed by atoms with van der Waals surface area (Å²) in [5, 5.41) is 0. The summed E-state index contributed by atoms with van der Waals surface area (Å²) in [5.41, 5.74) is 0. The molecule has 0 N–H and O–H groups in total. The molecule has 8 heteroatoms. The minimum Gasteiger partial charge on any atom is -0.453 e. The zero-order chi connectivity index (χ0) is 11.6. The molecule has 2 atom stereocenters. The van der Waals surface area contributed by atoms with Gasteiger partial charge in [0.1, 0.15) is 0 Å². The molecule has 1 saturated heterocycles. The highest BCUT2D eigenvalue weighted by molar-refractivity contribution is 5.80. The van der Waals surface area contributed by atoms with Crippen LogP contribution in [0.3, 0.4) is 0 Å². The maximum absolute atomic E-state index is 11.7. The Morgan fingerprint density at radius 3 is 2.47 bits per heavy atom. The standard InChI is InChI=1S/C7H7F3O5/c1-3-4(15-6(12)14-3)5(11)13-2-7(8,9)10/h3-4H,2H2,1H3. The van der Waals surface area contributed by atoms with E-state index in [-0.39, 0.29) is 0 Å². The van der Waals surface area contributed by atoms with Crippen molar-refractivity contribution in [2.45, 2.75) is 25.3 Å². The van der Waals surface area contributed by atoms with Crippen LogP contribution < -0.4 is 0 Å². The van der Waals surface area contributed by atoms with E-state index in [1.54, 1.807) is 0 Å². The fraction of sp³-hybridized carbons (Fsp3) is 0.714. The van der Waals surface area contributed by atoms with Gasteiger partial charge in [-0.1, -0.05) is 0 Å². The topological polar surface area (TPSA) is 61.8 Å². The Kier molecular flexibility index (Phi) is 3.06. The van der Waals surface area contributed by atoms with Crippen molar-refractivity contribution in [3.05, 3.63) is 0 Å². The average molecular weight is 228 g/mol. The number of hydrogen-bond donors (Lipinski definition) is 0. The zero-order valence-electron chi connectivity index (χ0n) is 7.54. The lowest BCUT2D eigenvalue weighted by Crippen LogP contribution is -2.33. The van der Waals surface area contributed by atoms with Gasteiger partial charge in [-0.15, -0.1) is 0 Å². The predicted octanol–water partition coefficient (Wildman–Crippen LogP) is 1.02. The number of halogens is 3. The first-order chi connectivity index (χ1) is 6.79. The molecule has 0 aromatic heterocycles. The Balaban J connectivity index is 2.44. The van der Waals surface area contributed by atoms with Crippen LogP contribution in [-0.4, -0.2) is 37.1 Å². The van der Waals surface area contributed by atoms with E-state index in [0.29, 0.717) is 0 Å². The summed E-state index contributed by atoms with van der Waals surface area (Å²) < 4.78 is 47.6. The third-order valence-electron chi connectivity index (χ3n) is 1.54. The van der Waals surface area contributed by atoms with Gasteiger partial charge in [0, 0.05) is 0 Å². The molecule has 0 bridgehead atoms. The molecule has 0 aromatic rings. The highest BCUT2D eigenvalue weighted by Crippen LogP contribution is 2.19. The number of alkyl halides is 3. The Morgan fingerprint density at radius 2 is 2.07 bits per heavy atom. The van der Waals surface area contributed by atoms with Gasteiger partial charge in [-0.2, -0.15) is 13.2 Å². The van der Waals surface area contributed by atoms with Crippen LogP contribution in [0.2, 0.25) is 0 Å². The van der Waals surface area contributed by atoms with Gasteiger partial charge in [0.15, 0.2) is 12.7 Å². The zero-order valence-corrected chi connectivity index (χ0v) is 7.54. The van der Waals surface area contributed by atoms with Crippen molar-refractivity contribution in [1.29, 1.82) is 0 Å². The van der Waals surface area contributed by atoms with Crippen molar-refractivity contribution in [2.24, 2.45) is 0 Å². The first-order valence-electron chi connectivity index (χ1n) is 3.90. The lowest BCUT2D eigenvalue weighted by atomic mass is 10.2. The molecule has 86 valence electrons. The molecule has 0 aromatic carbocycles. The summed E-state index contributed by atoms with van der Waals surface area (Å²) in [7, 11) is 0. The Hall–Kier alpha value is -1.47. The molecule has 0 aliphatic carbocycles. The lowest BCUT2D eigenvalue weighted by molar-refractivity contribution is -0.191. The summed E-state index contributed by atoms with van der Waals surface area (Å²) in [4.78, 5) is 21.5. The first-order valence-corrected chi connectivity index (χ1v) is 3.90. The number of carbonyl (C=O) groups excluding carboxylic acids is 2. The molecule has 2 unspecified atom stereocenters. The van der Waals surface area contributed by atoms with E-state index in [9.17, 15) is 22.8 Å². The maximum Gasteiger partial charge on any atom is 0.509 e. The number of hydrogen-bond acceptors (Lipinski definition) is 5. The summed E-state index contributed by atoms with van der Waals surface area (Å²) in [6, 6.07) is 0. The molecule has 0 radical (unpaired) electrons. The van der Waals surface area contributed by atoms with Gasteiger partial charge >= 0.3 is 18.3 Å². The van der Waals surface area contributed by atoms with Crippen molar-refractivity contribution in [3.8, 4) is 0 Å². The lowest BCUT2D eigenvalue weighted by Gasteiger charge is -2.12. The molecule has 0 amide bonds. The van der Waals surface area contributed by atoms with Crippen molar-refractivity contribution < 1.29 is 37.0 Å². The molecule has 5 nitrogen and oxygen atoms in total. The fourth-order valence-corrected chi connectivity index (χ4v) is 0.916. The monoisotopic (exact) mass is 228 g/mol. The Labute approximate surface area is 82.1 Å². The van der Waals surface area contributed by atoms with E-state index in [1.807, 2.05) is 0 Å². The number of esters is 1. The van der Waals surface area contributed by atoms with E-state index in [0.717, 1.165) is 0 Å². The predicted molar refractivity (Wildman–Crippen MR) is 37.8 cm³/mol. The van der Waals surface area contributed by atoms with Crippen molar-refractivity contribution in [2.75, 3.05) is 6.61 Å². The van der Waals surface area contributed by atoms with Crippen LogP contribution in [0.4, 0.5) is 18.0 Å². The smallest absolute Gasteiger partial charge is 0.453 e. The van der Waals surface area contributed by atoms with Crippen molar-refractivity contribution in [3.63, 3.8) is 0 Å². The molecule has 1 aliphatic rings. The molecule has 0 spiro atoms. The number of rotatable bonds is 2. The molecular weight excluding hydrogens is 221 g/mol. The van der Waals surface area contributed by atoms with E-state index >= 15 is 0 Å². The summed E-state index contributed by atoms with van der Waals surface area (Å²) >= 11 is 0. The van der Waals surface area contributed by atoms with Gasteiger partial charge in [0.05, 0.1) is 0 Å². The molecule has 1 heterocycles. The maximum atomic E-state index is 11.7. The number of ether oxygens (including phenoxy) is 3. The molecule has 0 saturated carbocycles. The van der Waals surface area contributed by atoms with Crippen LogP contribution in [0.15, 0.2) is 0 Å². The molecule has 1 aliphatic heterocycles. The SMILES string of the molecule is CC1OC(=O)OC1C(=O)OCC(F)(F)F. The van der Waals surface area contributed by atoms with Gasteiger partial charge < -0.3 is 14.2 Å². The minimum absolute atomic E-state index is 0.946. The fourth-order valence-electron chi connectivity index (χ4n) is 0.916. The molecule has 1 rings (SSSR count). The Morgan fingerprint density at radius 1 is 1.47 bits per heavy atom. The van der Waals surface area contributed by atoms with E-state index in [1.165, 1.54) is 6.92 Å². The van der Waals surface area contributed by atoms with Gasteiger partial charge in [-0.25, -0.2) is 9.59 Å². The second-order valence-corrected chi connectivity index (χ2v) is 2.83. The summed E-state index contributed by atoms with van der Waals surface area (Å²) in [6.07, 6.45) is -8.09. The molecular formula is C7H7F3O5. The molecule has 1 fully saturated rings. The molecule has 15 heavy (non-hydrogen) atoms. The average Bonchev–Trinajstić information content (AvgIpc) is 2.40. The van der Waals surface area contributed by atoms with E-state index in [2.05, 4.69) is 14.2 Å². The second-order valence-electron chi connectivity index (χ2n) is 2.83. The van der Waals surface area contributed by atoms with Gasteiger partial charge in [0.2, 0.25) is 6.10 Å². The number of carbonyl (C=O) groups is 2. The van der Waals surface area contributed by atoms with Crippen LogP contribution in [0.5, 0.6) is 0 Å². The van der Waals surface area contributed by atoms with Crippen molar-refractivity contribution >= 4 is 12.1 Å². The van der Waals surface area contributed by atoms with Crippen LogP contribution in [0.1, 0.15) is 6.92 Å². The first kappa shape index (κ1) is 11.6. The van der Waals surface area contributed by atoms with Gasteiger partial charge in [-0.3, -0.25) is 0 Å². The van der Waals surface area contributed by atoms with Crippen LogP contribution >= 0.6 is 0 Å². The van der Waals surface area contributed by atoms with Crippen LogP contribution in [0, 0.1) is 0 Å². The van der Waals surface area contributed by atoms with Crippen LogP contribution in [0.25, 0.3) is 0 Å². The number of cyclic esters (lactones) is 2. The van der Waals surface area contributed by atoms with E-state index < -0.39 is 37.1 Å². The summed E-state index contributed by atoms with van der Waals surface area (Å²) in [6.45, 7) is -0.406. The van der Waals surface area contributed by atoms with Gasteiger partial charge in [-0.05, 0) is 6.92 Å². The highest BCUT2D eigenvalue weighted by Gasteiger charge is 2.41. The third kappa shape index (κ3) is 3.30. The largest absolute Gasteiger partial charge is 0.509 e. The third-order valence-corrected chi connectivity index (χ3v) is 1.54. The normalized spacial score (nSPS) is 25.7. The Bertz CT molecular complexity index is 274. The minimum atomic E-state index is -4.61. The highest BCUT2D eigenvalue weighted by atomic mass is 19.4. The van der Waals surface area contributed by atoms with E-state index in [4.69, 9.17) is 0 Å². The van der Waals surface area contributed by atoms with Gasteiger partial charge in [0.25, 0.3) is 0 Å². The quantitative estimate of drug-likeness (QED) is 0.660. The van der Waals surface area contributed by atoms with Crippen LogP contribution in [-0.2, 0) is 19.0 Å². The van der Waals surface area contributed by atoms with Crippen molar-refractivity contribution in [1.82, 2.24) is 0 Å².